The molecule has 2 aliphatic carbocycles. The van der Waals surface area contributed by atoms with Gasteiger partial charge >= 0.3 is 187 Å². The second kappa shape index (κ2) is 10.1. The van der Waals surface area contributed by atoms with Gasteiger partial charge in [0.25, 0.3) is 0 Å². The third kappa shape index (κ3) is 4.24. The van der Waals surface area contributed by atoms with Gasteiger partial charge in [-0.25, -0.2) is 0 Å². The molecule has 0 aromatic heterocycles. The number of aryl methyl sites for hydroxylation is 2. The molecule has 0 fully saturated rings. The third-order valence-electron chi connectivity index (χ3n) is 7.96. The molecule has 0 nitrogen and oxygen atoms in total. The Balaban J connectivity index is 0.00000181. The summed E-state index contributed by atoms with van der Waals surface area (Å²) in [6, 6.07) is 14.2. The molecule has 0 radical (unpaired) electrons. The van der Waals surface area contributed by atoms with E-state index in [2.05, 4.69) is 92.4 Å². The largest absolute Gasteiger partial charge is 0.147 e. The Morgan fingerprint density at radius 1 is 0.656 bits per heavy atom. The van der Waals surface area contributed by atoms with Gasteiger partial charge in [-0.15, -0.1) is 24.8 Å². The van der Waals surface area contributed by atoms with E-state index in [1.54, 1.807) is 33.4 Å². The fourth-order valence-electron chi connectivity index (χ4n) is 6.69. The monoisotopic (exact) mass is 564 g/mol. The molecule has 2 aliphatic rings. The van der Waals surface area contributed by atoms with Gasteiger partial charge < -0.3 is 0 Å². The van der Waals surface area contributed by atoms with Crippen molar-refractivity contribution in [2.75, 3.05) is 0 Å². The topological polar surface area (TPSA) is 0 Å². The second-order valence-electron chi connectivity index (χ2n) is 10.5. The number of halogens is 2. The van der Waals surface area contributed by atoms with Gasteiger partial charge in [-0.05, 0) is 0 Å². The summed E-state index contributed by atoms with van der Waals surface area (Å²) >= 11 is -3.33. The van der Waals surface area contributed by atoms with E-state index in [1.807, 2.05) is 0 Å². The standard InChI is InChI=1S/2C13H15.2CH3.2ClH.H2Si.Zr/c2*1-3-10-8-12-7-5-6-11(4-2)13(12)9-10;;;;;;/h2*5-9H,3-4H2,1-2H3;2*1H3;2*1H;1H2;. The molecule has 0 saturated carbocycles. The SMILES string of the molecule is CCC1=Cc2c(CC)cccc2[CH]1[Zr]([CH3])([CH3])(=[SiH2])[CH]1C(CC)=Cc2c(CC)cccc21.Cl.Cl. The first-order valence-electron chi connectivity index (χ1n) is 12.0. The van der Waals surface area contributed by atoms with E-state index in [9.17, 15) is 0 Å². The quantitative estimate of drug-likeness (QED) is 0.308. The summed E-state index contributed by atoms with van der Waals surface area (Å²) in [7, 11) is 0. The summed E-state index contributed by atoms with van der Waals surface area (Å²) in [6.45, 7) is 11.8. The van der Waals surface area contributed by atoms with Gasteiger partial charge in [-0.2, -0.15) is 0 Å². The van der Waals surface area contributed by atoms with Crippen molar-refractivity contribution in [3.8, 4) is 0 Å². The average molecular weight is 567 g/mol. The first-order valence-corrected chi connectivity index (χ1v) is 25.6. The van der Waals surface area contributed by atoms with Crippen LogP contribution in [0.1, 0.15) is 81.2 Å². The molecule has 0 N–H and O–H groups in total. The number of fused-ring (bicyclic) bond motifs is 2. The fraction of sp³-hybridized carbons (Fsp3) is 0.429. The third-order valence-corrected chi connectivity index (χ3v) is 25.5. The maximum Gasteiger partial charge on any atom is -0.147 e. The molecule has 2 atom stereocenters. The summed E-state index contributed by atoms with van der Waals surface area (Å²) in [5.74, 6) is 0. The molecule has 0 bridgehead atoms. The minimum absolute atomic E-state index is 0. The van der Waals surface area contributed by atoms with Gasteiger partial charge in [0.15, 0.2) is 0 Å². The molecular weight excluding hydrogens is 527 g/mol. The van der Waals surface area contributed by atoms with E-state index in [0.717, 1.165) is 12.8 Å². The second-order valence-corrected chi connectivity index (χ2v) is 41.0. The van der Waals surface area contributed by atoms with E-state index in [1.165, 1.54) is 24.0 Å². The van der Waals surface area contributed by atoms with E-state index in [-0.39, 0.29) is 24.8 Å². The van der Waals surface area contributed by atoms with E-state index < -0.39 is 17.4 Å². The summed E-state index contributed by atoms with van der Waals surface area (Å²) in [5, 5.41) is 0. The van der Waals surface area contributed by atoms with Crippen molar-refractivity contribution in [2.45, 2.75) is 69.9 Å². The average Bonchev–Trinajstić information content (AvgIpc) is 3.32. The zero-order valence-corrected chi connectivity index (χ0v) is 26.1. The molecule has 0 heterocycles. The van der Waals surface area contributed by atoms with E-state index in [0.29, 0.717) is 7.25 Å². The van der Waals surface area contributed by atoms with Crippen LogP contribution < -0.4 is 0 Å². The van der Waals surface area contributed by atoms with Crippen molar-refractivity contribution in [3.05, 3.63) is 80.9 Å². The summed E-state index contributed by atoms with van der Waals surface area (Å²) in [5.41, 5.74) is 12.9. The van der Waals surface area contributed by atoms with Crippen LogP contribution in [0.3, 0.4) is 0 Å². The van der Waals surface area contributed by atoms with Crippen LogP contribution in [-0.2, 0) is 30.2 Å². The van der Waals surface area contributed by atoms with Gasteiger partial charge in [0, 0.05) is 0 Å². The first kappa shape index (κ1) is 27.8. The molecular formula is C28H40Cl2SiZr. The molecule has 174 valence electrons. The van der Waals surface area contributed by atoms with Crippen LogP contribution >= 0.6 is 24.8 Å². The van der Waals surface area contributed by atoms with Crippen LogP contribution in [0.2, 0.25) is 9.26 Å². The van der Waals surface area contributed by atoms with Gasteiger partial charge in [0.05, 0.1) is 0 Å². The Morgan fingerprint density at radius 3 is 1.34 bits per heavy atom. The van der Waals surface area contributed by atoms with Gasteiger partial charge in [-0.3, -0.25) is 0 Å². The Kier molecular flexibility index (Phi) is 8.76. The van der Waals surface area contributed by atoms with Crippen molar-refractivity contribution in [1.82, 2.24) is 0 Å². The molecule has 4 heteroatoms. The van der Waals surface area contributed by atoms with Crippen LogP contribution in [-0.4, -0.2) is 6.88 Å². The predicted molar refractivity (Wildman–Crippen MR) is 148 cm³/mol. The van der Waals surface area contributed by atoms with Crippen molar-refractivity contribution < 1.29 is 17.4 Å². The molecule has 0 spiro atoms. The van der Waals surface area contributed by atoms with Crippen LogP contribution in [0.25, 0.3) is 12.2 Å². The number of hydrogen-bond donors (Lipinski definition) is 0. The number of benzene rings is 2. The molecule has 0 aliphatic heterocycles. The number of allylic oxidation sites excluding steroid dienone is 2. The summed E-state index contributed by atoms with van der Waals surface area (Å²) in [6.07, 6.45) is 9.76. The van der Waals surface area contributed by atoms with E-state index >= 15 is 0 Å². The Morgan fingerprint density at radius 2 is 1.03 bits per heavy atom. The number of hydrogen-bond acceptors (Lipinski definition) is 0. The zero-order chi connectivity index (χ0) is 21.7. The molecule has 4 rings (SSSR count). The van der Waals surface area contributed by atoms with Crippen LogP contribution in [0.4, 0.5) is 0 Å². The van der Waals surface area contributed by atoms with Gasteiger partial charge in [0.2, 0.25) is 0 Å². The maximum absolute atomic E-state index is 3.33. The Hall–Kier alpha value is -0.400. The minimum Gasteiger partial charge on any atom is -0.147 e. The Labute approximate surface area is 210 Å². The van der Waals surface area contributed by atoms with Crippen molar-refractivity contribution in [3.63, 3.8) is 0 Å². The molecule has 2 aromatic carbocycles. The summed E-state index contributed by atoms with van der Waals surface area (Å²) < 4.78 is 6.85. The molecule has 2 aromatic rings. The smallest absolute Gasteiger partial charge is 0.147 e. The molecule has 32 heavy (non-hydrogen) atoms. The first-order chi connectivity index (χ1) is 14.3. The summed E-state index contributed by atoms with van der Waals surface area (Å²) in [4.78, 5) is 0. The molecule has 0 amide bonds. The van der Waals surface area contributed by atoms with Crippen molar-refractivity contribution in [1.29, 1.82) is 0 Å². The maximum atomic E-state index is 2.77. The Bertz CT molecular complexity index is 1050. The van der Waals surface area contributed by atoms with Crippen LogP contribution in [0.5, 0.6) is 0 Å². The van der Waals surface area contributed by atoms with Crippen molar-refractivity contribution >= 4 is 43.8 Å². The number of rotatable bonds is 6. The fourth-order valence-corrected chi connectivity index (χ4v) is 26.9. The van der Waals surface area contributed by atoms with Gasteiger partial charge in [-0.1, -0.05) is 0 Å². The van der Waals surface area contributed by atoms with Crippen molar-refractivity contribution in [2.24, 2.45) is 0 Å². The zero-order valence-electron chi connectivity index (χ0n) is 20.6. The molecule has 0 saturated heterocycles. The minimum atomic E-state index is -3.33. The van der Waals surface area contributed by atoms with Crippen LogP contribution in [0, 0.1) is 0 Å². The van der Waals surface area contributed by atoms with Crippen LogP contribution in [0.15, 0.2) is 47.5 Å². The van der Waals surface area contributed by atoms with Gasteiger partial charge in [0.1, 0.15) is 0 Å². The van der Waals surface area contributed by atoms with E-state index in [4.69, 9.17) is 0 Å². The normalized spacial score (nSPS) is 19.3. The predicted octanol–water partition coefficient (Wildman–Crippen LogP) is 8.39. The molecule has 2 unspecified atom stereocenters.